The van der Waals surface area contributed by atoms with Gasteiger partial charge in [-0.05, 0) is 44.4 Å². The molecule has 0 unspecified atom stereocenters. The van der Waals surface area contributed by atoms with Gasteiger partial charge in [0.25, 0.3) is 5.91 Å². The zero-order valence-electron chi connectivity index (χ0n) is 16.0. The number of piperidine rings is 1. The van der Waals surface area contributed by atoms with E-state index in [0.717, 1.165) is 16.7 Å². The number of hydrogen-bond donors (Lipinski definition) is 0. The SMILES string of the molecule is Cc1ccc(C(=O)C2CCN(C(=O)c3cc(Cl)c4c(c3)OCO4)CC2)c(C)c1. The molecule has 1 amide bonds. The van der Waals surface area contributed by atoms with Crippen LogP contribution in [0.1, 0.15) is 44.7 Å². The van der Waals surface area contributed by atoms with E-state index in [-0.39, 0.29) is 24.4 Å². The van der Waals surface area contributed by atoms with E-state index in [9.17, 15) is 9.59 Å². The molecule has 146 valence electrons. The van der Waals surface area contributed by atoms with Gasteiger partial charge in [0.2, 0.25) is 6.79 Å². The van der Waals surface area contributed by atoms with Gasteiger partial charge in [-0.25, -0.2) is 0 Å². The first kappa shape index (κ1) is 18.8. The summed E-state index contributed by atoms with van der Waals surface area (Å²) in [7, 11) is 0. The maximum Gasteiger partial charge on any atom is 0.254 e. The molecule has 2 aliphatic rings. The number of carbonyl (C=O) groups excluding carboxylic acids is 2. The number of hydrogen-bond acceptors (Lipinski definition) is 4. The highest BCUT2D eigenvalue weighted by Gasteiger charge is 2.30. The van der Waals surface area contributed by atoms with E-state index in [4.69, 9.17) is 21.1 Å². The van der Waals surface area contributed by atoms with Crippen molar-refractivity contribution in [3.05, 3.63) is 57.6 Å². The molecule has 2 heterocycles. The van der Waals surface area contributed by atoms with E-state index >= 15 is 0 Å². The Morgan fingerprint density at radius 2 is 1.82 bits per heavy atom. The summed E-state index contributed by atoms with van der Waals surface area (Å²) in [5, 5.41) is 0.373. The highest BCUT2D eigenvalue weighted by atomic mass is 35.5. The van der Waals surface area contributed by atoms with Gasteiger partial charge in [-0.1, -0.05) is 35.4 Å². The van der Waals surface area contributed by atoms with Gasteiger partial charge in [-0.2, -0.15) is 0 Å². The van der Waals surface area contributed by atoms with Gasteiger partial charge in [-0.15, -0.1) is 0 Å². The number of benzene rings is 2. The van der Waals surface area contributed by atoms with Crippen LogP contribution in [0.3, 0.4) is 0 Å². The highest BCUT2D eigenvalue weighted by molar-refractivity contribution is 6.32. The van der Waals surface area contributed by atoms with Crippen LogP contribution in [-0.4, -0.2) is 36.5 Å². The molecule has 2 aromatic carbocycles. The predicted molar refractivity (Wildman–Crippen MR) is 106 cm³/mol. The smallest absolute Gasteiger partial charge is 0.254 e. The van der Waals surface area contributed by atoms with Gasteiger partial charge in [0.05, 0.1) is 5.02 Å². The molecule has 0 aliphatic carbocycles. The first-order chi connectivity index (χ1) is 13.4. The van der Waals surface area contributed by atoms with Crippen molar-refractivity contribution in [3.8, 4) is 11.5 Å². The molecule has 4 rings (SSSR count). The molecule has 28 heavy (non-hydrogen) atoms. The minimum Gasteiger partial charge on any atom is -0.454 e. The van der Waals surface area contributed by atoms with E-state index in [1.807, 2.05) is 32.0 Å². The lowest BCUT2D eigenvalue weighted by atomic mass is 9.87. The van der Waals surface area contributed by atoms with Crippen LogP contribution in [0.5, 0.6) is 11.5 Å². The second kappa shape index (κ2) is 7.47. The van der Waals surface area contributed by atoms with Crippen molar-refractivity contribution in [1.29, 1.82) is 0 Å². The summed E-state index contributed by atoms with van der Waals surface area (Å²) < 4.78 is 10.6. The maximum atomic E-state index is 12.9. The van der Waals surface area contributed by atoms with E-state index in [0.29, 0.717) is 48.0 Å². The molecule has 0 saturated carbocycles. The summed E-state index contributed by atoms with van der Waals surface area (Å²) in [5.41, 5.74) is 3.43. The van der Waals surface area contributed by atoms with Gasteiger partial charge < -0.3 is 14.4 Å². The Morgan fingerprint density at radius 1 is 1.07 bits per heavy atom. The normalized spacial score (nSPS) is 16.3. The van der Waals surface area contributed by atoms with E-state index < -0.39 is 0 Å². The molecule has 0 radical (unpaired) electrons. The van der Waals surface area contributed by atoms with Crippen LogP contribution in [0, 0.1) is 19.8 Å². The lowest BCUT2D eigenvalue weighted by molar-refractivity contribution is 0.0650. The lowest BCUT2D eigenvalue weighted by Gasteiger charge is -2.31. The van der Waals surface area contributed by atoms with E-state index in [1.165, 1.54) is 0 Å². The highest BCUT2D eigenvalue weighted by Crippen LogP contribution is 2.40. The Kier molecular flexibility index (Phi) is 5.02. The fourth-order valence-corrected chi connectivity index (χ4v) is 4.19. The van der Waals surface area contributed by atoms with Crippen LogP contribution in [0.2, 0.25) is 5.02 Å². The zero-order valence-corrected chi connectivity index (χ0v) is 16.7. The molecule has 1 saturated heterocycles. The van der Waals surface area contributed by atoms with Gasteiger partial charge >= 0.3 is 0 Å². The third kappa shape index (κ3) is 3.47. The van der Waals surface area contributed by atoms with Gasteiger partial charge in [0, 0.05) is 30.1 Å². The molecular weight excluding hydrogens is 378 g/mol. The summed E-state index contributed by atoms with van der Waals surface area (Å²) in [6, 6.07) is 9.21. The standard InChI is InChI=1S/C22H22ClNO4/c1-13-3-4-17(14(2)9-13)20(25)15-5-7-24(8-6-15)22(26)16-10-18(23)21-19(11-16)27-12-28-21/h3-4,9-11,15H,5-8,12H2,1-2H3. The van der Waals surface area contributed by atoms with Crippen molar-refractivity contribution in [2.45, 2.75) is 26.7 Å². The van der Waals surface area contributed by atoms with Gasteiger partial charge in [0.15, 0.2) is 17.3 Å². The van der Waals surface area contributed by atoms with Crippen molar-refractivity contribution < 1.29 is 19.1 Å². The quantitative estimate of drug-likeness (QED) is 0.717. The third-order valence-electron chi connectivity index (χ3n) is 5.47. The second-order valence-corrected chi connectivity index (χ2v) is 7.85. The Bertz CT molecular complexity index is 948. The number of ketones is 1. The monoisotopic (exact) mass is 399 g/mol. The summed E-state index contributed by atoms with van der Waals surface area (Å²) in [4.78, 5) is 27.6. The number of rotatable bonds is 3. The van der Waals surface area contributed by atoms with E-state index in [1.54, 1.807) is 17.0 Å². The summed E-state index contributed by atoms with van der Waals surface area (Å²) in [6.07, 6.45) is 1.33. The number of ether oxygens (including phenoxy) is 2. The lowest BCUT2D eigenvalue weighted by Crippen LogP contribution is -2.40. The van der Waals surface area contributed by atoms with Crippen molar-refractivity contribution in [3.63, 3.8) is 0 Å². The summed E-state index contributed by atoms with van der Waals surface area (Å²) in [6.45, 7) is 5.20. The fourth-order valence-electron chi connectivity index (χ4n) is 3.93. The van der Waals surface area contributed by atoms with Crippen LogP contribution in [0.4, 0.5) is 0 Å². The first-order valence-electron chi connectivity index (χ1n) is 9.44. The number of nitrogens with zero attached hydrogens (tertiary/aromatic N) is 1. The first-order valence-corrected chi connectivity index (χ1v) is 9.81. The van der Waals surface area contributed by atoms with E-state index in [2.05, 4.69) is 0 Å². The minimum absolute atomic E-state index is 0.0502. The van der Waals surface area contributed by atoms with Crippen LogP contribution < -0.4 is 9.47 Å². The van der Waals surface area contributed by atoms with Gasteiger partial charge in [0.1, 0.15) is 0 Å². The number of likely N-dealkylation sites (tertiary alicyclic amines) is 1. The molecule has 0 aromatic heterocycles. The summed E-state index contributed by atoms with van der Waals surface area (Å²) >= 11 is 6.20. The molecule has 0 spiro atoms. The molecule has 6 heteroatoms. The Morgan fingerprint density at radius 3 is 2.54 bits per heavy atom. The molecule has 2 aliphatic heterocycles. The Balaban J connectivity index is 1.43. The average Bonchev–Trinajstić information content (AvgIpc) is 3.16. The van der Waals surface area contributed by atoms with Crippen molar-refractivity contribution in [2.24, 2.45) is 5.92 Å². The van der Waals surface area contributed by atoms with Crippen molar-refractivity contribution in [1.82, 2.24) is 4.90 Å². The molecule has 5 nitrogen and oxygen atoms in total. The molecule has 0 bridgehead atoms. The number of fused-ring (bicyclic) bond motifs is 1. The van der Waals surface area contributed by atoms with Crippen molar-refractivity contribution in [2.75, 3.05) is 19.9 Å². The number of aryl methyl sites for hydroxylation is 2. The van der Waals surface area contributed by atoms with Crippen LogP contribution in [0.25, 0.3) is 0 Å². The molecule has 0 N–H and O–H groups in total. The second-order valence-electron chi connectivity index (χ2n) is 7.44. The van der Waals surface area contributed by atoms with Gasteiger partial charge in [-0.3, -0.25) is 9.59 Å². The molecule has 2 aromatic rings. The fraction of sp³-hybridized carbons (Fsp3) is 0.364. The third-order valence-corrected chi connectivity index (χ3v) is 5.76. The zero-order chi connectivity index (χ0) is 19.8. The maximum absolute atomic E-state index is 12.9. The minimum atomic E-state index is -0.0994. The van der Waals surface area contributed by atoms with Crippen LogP contribution >= 0.6 is 11.6 Å². The van der Waals surface area contributed by atoms with Crippen molar-refractivity contribution >= 4 is 23.3 Å². The Labute approximate surface area is 169 Å². The average molecular weight is 400 g/mol. The predicted octanol–water partition coefficient (Wildman–Crippen LogP) is 4.42. The molecular formula is C22H22ClNO4. The molecule has 0 atom stereocenters. The summed E-state index contributed by atoms with van der Waals surface area (Å²) in [5.74, 6) is 1.01. The largest absolute Gasteiger partial charge is 0.454 e. The molecule has 1 fully saturated rings. The number of amides is 1. The number of Topliss-reactive ketones (excluding diaryl/α,β-unsaturated/α-hetero) is 1. The number of halogens is 1. The Hall–Kier alpha value is -2.53. The van der Waals surface area contributed by atoms with Crippen LogP contribution in [-0.2, 0) is 0 Å². The topological polar surface area (TPSA) is 55.8 Å². The van der Waals surface area contributed by atoms with Crippen LogP contribution in [0.15, 0.2) is 30.3 Å². The number of carbonyl (C=O) groups is 2.